The van der Waals surface area contributed by atoms with E-state index in [1.54, 1.807) is 31.4 Å². The third-order valence-corrected chi connectivity index (χ3v) is 2.39. The summed E-state index contributed by atoms with van der Waals surface area (Å²) in [6.07, 6.45) is 8.22. The first-order valence-electron chi connectivity index (χ1n) is 5.38. The maximum atomic E-state index is 11.7. The molecule has 0 aliphatic carbocycles. The number of hydrogen-bond acceptors (Lipinski definition) is 2. The molecule has 0 unspecified atom stereocenters. The number of carbonyl (C=O) groups is 1. The number of unbranched alkanes of at least 4 members (excludes halogenated alkanes) is 2. The Morgan fingerprint density at radius 2 is 2.00 bits per heavy atom. The van der Waals surface area contributed by atoms with Gasteiger partial charge < -0.3 is 4.74 Å². The van der Waals surface area contributed by atoms with Crippen LogP contribution in [-0.4, -0.2) is 12.9 Å². The lowest BCUT2D eigenvalue weighted by Gasteiger charge is -2.02. The highest BCUT2D eigenvalue weighted by Crippen LogP contribution is 2.13. The van der Waals surface area contributed by atoms with E-state index in [9.17, 15) is 4.79 Å². The Morgan fingerprint density at radius 3 is 2.56 bits per heavy atom. The van der Waals surface area contributed by atoms with Gasteiger partial charge >= 0.3 is 0 Å². The molecule has 16 heavy (non-hydrogen) atoms. The molecular formula is C14H16O2. The van der Waals surface area contributed by atoms with Crippen molar-refractivity contribution in [3.05, 3.63) is 29.8 Å². The molecule has 84 valence electrons. The van der Waals surface area contributed by atoms with E-state index in [1.807, 2.05) is 0 Å². The molecule has 0 amide bonds. The standard InChI is InChI=1S/C14H16O2/c1-3-4-5-6-7-14(15)12-8-10-13(16-2)11-9-12/h1,8-11H,4-7H2,2H3. The van der Waals surface area contributed by atoms with Crippen LogP contribution in [0.1, 0.15) is 36.0 Å². The van der Waals surface area contributed by atoms with Crippen LogP contribution in [0.2, 0.25) is 0 Å². The van der Waals surface area contributed by atoms with Gasteiger partial charge in [0.05, 0.1) is 7.11 Å². The Morgan fingerprint density at radius 1 is 1.31 bits per heavy atom. The molecule has 1 aromatic rings. The van der Waals surface area contributed by atoms with Crippen LogP contribution in [0.3, 0.4) is 0 Å². The molecule has 0 aromatic heterocycles. The molecule has 0 fully saturated rings. The molecule has 0 N–H and O–H groups in total. The number of rotatable bonds is 6. The molecular weight excluding hydrogens is 200 g/mol. The third kappa shape index (κ3) is 3.78. The van der Waals surface area contributed by atoms with Crippen LogP contribution in [0.15, 0.2) is 24.3 Å². The van der Waals surface area contributed by atoms with E-state index in [4.69, 9.17) is 11.2 Å². The van der Waals surface area contributed by atoms with Crippen LogP contribution in [0, 0.1) is 12.3 Å². The Labute approximate surface area is 96.6 Å². The number of carbonyl (C=O) groups excluding carboxylic acids is 1. The first kappa shape index (κ1) is 12.3. The average Bonchev–Trinajstić information content (AvgIpc) is 2.34. The summed E-state index contributed by atoms with van der Waals surface area (Å²) >= 11 is 0. The van der Waals surface area contributed by atoms with E-state index >= 15 is 0 Å². The Balaban J connectivity index is 2.44. The zero-order valence-corrected chi connectivity index (χ0v) is 9.53. The van der Waals surface area contributed by atoms with Crippen LogP contribution >= 0.6 is 0 Å². The van der Waals surface area contributed by atoms with Gasteiger partial charge in [-0.1, -0.05) is 0 Å². The average molecular weight is 216 g/mol. The zero-order chi connectivity index (χ0) is 11.8. The molecule has 0 atom stereocenters. The van der Waals surface area contributed by atoms with Crippen LogP contribution in [-0.2, 0) is 0 Å². The lowest BCUT2D eigenvalue weighted by atomic mass is 10.0. The van der Waals surface area contributed by atoms with Crippen molar-refractivity contribution in [2.75, 3.05) is 7.11 Å². The fourth-order valence-electron chi connectivity index (χ4n) is 1.43. The number of terminal acetylenes is 1. The molecule has 0 spiro atoms. The summed E-state index contributed by atoms with van der Waals surface area (Å²) < 4.78 is 5.03. The van der Waals surface area contributed by atoms with Gasteiger partial charge in [0.1, 0.15) is 5.75 Å². The number of hydrogen-bond donors (Lipinski definition) is 0. The van der Waals surface area contributed by atoms with Gasteiger partial charge in [-0.05, 0) is 37.1 Å². The molecule has 1 aromatic carbocycles. The fourth-order valence-corrected chi connectivity index (χ4v) is 1.43. The second-order valence-electron chi connectivity index (χ2n) is 3.56. The lowest BCUT2D eigenvalue weighted by molar-refractivity contribution is 0.0979. The van der Waals surface area contributed by atoms with E-state index in [-0.39, 0.29) is 5.78 Å². The normalized spacial score (nSPS) is 9.50. The van der Waals surface area contributed by atoms with E-state index in [2.05, 4.69) is 5.92 Å². The number of ether oxygens (including phenoxy) is 1. The van der Waals surface area contributed by atoms with Gasteiger partial charge in [0.25, 0.3) is 0 Å². The fraction of sp³-hybridized carbons (Fsp3) is 0.357. The molecule has 0 heterocycles. The lowest BCUT2D eigenvalue weighted by Crippen LogP contribution is -1.98. The summed E-state index contributed by atoms with van der Waals surface area (Å²) in [6.45, 7) is 0. The highest BCUT2D eigenvalue weighted by molar-refractivity contribution is 5.96. The minimum atomic E-state index is 0.166. The zero-order valence-electron chi connectivity index (χ0n) is 9.53. The Bertz CT molecular complexity index is 371. The summed E-state index contributed by atoms with van der Waals surface area (Å²) in [4.78, 5) is 11.7. The van der Waals surface area contributed by atoms with E-state index in [0.29, 0.717) is 6.42 Å². The van der Waals surface area contributed by atoms with Crippen molar-refractivity contribution >= 4 is 5.78 Å². The van der Waals surface area contributed by atoms with Gasteiger partial charge in [0.15, 0.2) is 5.78 Å². The summed E-state index contributed by atoms with van der Waals surface area (Å²) in [5, 5.41) is 0. The largest absolute Gasteiger partial charge is 0.497 e. The Hall–Kier alpha value is -1.75. The van der Waals surface area contributed by atoms with E-state index < -0.39 is 0 Å². The summed E-state index contributed by atoms with van der Waals surface area (Å²) in [6, 6.07) is 7.19. The van der Waals surface area contributed by atoms with Crippen molar-refractivity contribution in [3.63, 3.8) is 0 Å². The van der Waals surface area contributed by atoms with Crippen LogP contribution in [0.5, 0.6) is 5.75 Å². The van der Waals surface area contributed by atoms with Gasteiger partial charge in [0, 0.05) is 18.4 Å². The summed E-state index contributed by atoms with van der Waals surface area (Å²) in [5.41, 5.74) is 0.738. The van der Waals surface area contributed by atoms with Crippen molar-refractivity contribution in [1.29, 1.82) is 0 Å². The van der Waals surface area contributed by atoms with Crippen LogP contribution < -0.4 is 4.74 Å². The van der Waals surface area contributed by atoms with Gasteiger partial charge in [-0.25, -0.2) is 0 Å². The quantitative estimate of drug-likeness (QED) is 0.415. The second kappa shape index (κ2) is 6.68. The predicted molar refractivity (Wildman–Crippen MR) is 64.6 cm³/mol. The highest BCUT2D eigenvalue weighted by atomic mass is 16.5. The van der Waals surface area contributed by atoms with Crippen molar-refractivity contribution in [2.45, 2.75) is 25.7 Å². The van der Waals surface area contributed by atoms with Crippen LogP contribution in [0.4, 0.5) is 0 Å². The van der Waals surface area contributed by atoms with Crippen molar-refractivity contribution in [2.24, 2.45) is 0 Å². The SMILES string of the molecule is C#CCCCCC(=O)c1ccc(OC)cc1. The first-order valence-corrected chi connectivity index (χ1v) is 5.38. The van der Waals surface area contributed by atoms with E-state index in [1.165, 1.54) is 0 Å². The molecule has 0 aliphatic rings. The van der Waals surface area contributed by atoms with Gasteiger partial charge in [0.2, 0.25) is 0 Å². The molecule has 0 bridgehead atoms. The van der Waals surface area contributed by atoms with Gasteiger partial charge in [-0.2, -0.15) is 0 Å². The van der Waals surface area contributed by atoms with Crippen molar-refractivity contribution in [3.8, 4) is 18.1 Å². The summed E-state index contributed by atoms with van der Waals surface area (Å²) in [5.74, 6) is 3.50. The van der Waals surface area contributed by atoms with Crippen molar-refractivity contribution < 1.29 is 9.53 Å². The minimum absolute atomic E-state index is 0.166. The predicted octanol–water partition coefficient (Wildman–Crippen LogP) is 3.07. The second-order valence-corrected chi connectivity index (χ2v) is 3.56. The van der Waals surface area contributed by atoms with Gasteiger partial charge in [-0.3, -0.25) is 4.79 Å². The highest BCUT2D eigenvalue weighted by Gasteiger charge is 2.04. The summed E-state index contributed by atoms with van der Waals surface area (Å²) in [7, 11) is 1.61. The molecule has 2 nitrogen and oxygen atoms in total. The number of ketones is 1. The maximum Gasteiger partial charge on any atom is 0.162 e. The number of Topliss-reactive ketones (excluding diaryl/α,β-unsaturated/α-hetero) is 1. The molecule has 0 aliphatic heterocycles. The van der Waals surface area contributed by atoms with Crippen molar-refractivity contribution in [1.82, 2.24) is 0 Å². The Kier molecular flexibility index (Phi) is 5.15. The number of methoxy groups -OCH3 is 1. The minimum Gasteiger partial charge on any atom is -0.497 e. The smallest absolute Gasteiger partial charge is 0.162 e. The third-order valence-electron chi connectivity index (χ3n) is 2.39. The first-order chi connectivity index (χ1) is 7.77. The monoisotopic (exact) mass is 216 g/mol. The van der Waals surface area contributed by atoms with Crippen LogP contribution in [0.25, 0.3) is 0 Å². The molecule has 1 rings (SSSR count). The topological polar surface area (TPSA) is 26.3 Å². The van der Waals surface area contributed by atoms with E-state index in [0.717, 1.165) is 30.6 Å². The molecule has 2 heteroatoms. The molecule has 0 radical (unpaired) electrons. The van der Waals surface area contributed by atoms with Gasteiger partial charge in [-0.15, -0.1) is 12.3 Å². The number of benzene rings is 1. The maximum absolute atomic E-state index is 11.7. The molecule has 0 saturated heterocycles. The molecule has 0 saturated carbocycles.